The minimum absolute atomic E-state index is 0.0580. The number of aliphatic hydroxyl groups excluding tert-OH is 1. The molecule has 9 heteroatoms. The van der Waals surface area contributed by atoms with Gasteiger partial charge in [-0.3, -0.25) is 9.69 Å². The van der Waals surface area contributed by atoms with Crippen LogP contribution in [0.25, 0.3) is 11.1 Å². The Kier molecular flexibility index (Phi) is 9.30. The first-order valence-electron chi connectivity index (χ1n) is 12.9. The number of carbonyl (C=O) groups is 3. The number of benzene rings is 3. The lowest BCUT2D eigenvalue weighted by molar-refractivity contribution is -0.147. The fourth-order valence-electron chi connectivity index (χ4n) is 4.83. The third kappa shape index (κ3) is 7.22. The second kappa shape index (κ2) is 13.0. The van der Waals surface area contributed by atoms with Crippen molar-refractivity contribution in [2.75, 3.05) is 26.7 Å². The van der Waals surface area contributed by atoms with Crippen LogP contribution in [0.1, 0.15) is 29.0 Å². The van der Waals surface area contributed by atoms with E-state index in [9.17, 15) is 19.5 Å². The number of hydrogen-bond acceptors (Lipinski definition) is 6. The summed E-state index contributed by atoms with van der Waals surface area (Å²) in [5.74, 6) is -1.98. The van der Waals surface area contributed by atoms with E-state index in [1.165, 1.54) is 0 Å². The number of likely N-dealkylation sites (N-methyl/N-ethyl adjacent to an activating group) is 1. The fraction of sp³-hybridized carbons (Fsp3) is 0.300. The van der Waals surface area contributed by atoms with Crippen molar-refractivity contribution < 1.29 is 29.3 Å². The molecule has 0 radical (unpaired) electrons. The van der Waals surface area contributed by atoms with Crippen molar-refractivity contribution in [3.63, 3.8) is 0 Å². The van der Waals surface area contributed by atoms with Crippen molar-refractivity contribution in [2.45, 2.75) is 31.0 Å². The van der Waals surface area contributed by atoms with Gasteiger partial charge in [0.05, 0.1) is 0 Å². The highest BCUT2D eigenvalue weighted by Crippen LogP contribution is 2.44. The Morgan fingerprint density at radius 3 is 2.13 bits per heavy atom. The van der Waals surface area contributed by atoms with Crippen LogP contribution in [0, 0.1) is 0 Å². The maximum Gasteiger partial charge on any atom is 0.407 e. The molecule has 0 heterocycles. The smallest absolute Gasteiger partial charge is 0.407 e. The molecular weight excluding hydrogens is 498 g/mol. The molecule has 39 heavy (non-hydrogen) atoms. The minimum atomic E-state index is -1.58. The summed E-state index contributed by atoms with van der Waals surface area (Å²) >= 11 is 0. The first-order chi connectivity index (χ1) is 18.8. The number of carboxylic acid groups (broad SMARTS) is 1. The zero-order chi connectivity index (χ0) is 27.8. The summed E-state index contributed by atoms with van der Waals surface area (Å²) in [6.45, 7) is 0.789. The molecule has 1 aliphatic rings. The molecule has 0 saturated heterocycles. The average Bonchev–Trinajstić information content (AvgIpc) is 3.25. The maximum absolute atomic E-state index is 13.0. The molecule has 204 valence electrons. The zero-order valence-corrected chi connectivity index (χ0v) is 21.7. The van der Waals surface area contributed by atoms with Crippen LogP contribution in [-0.4, -0.2) is 72.0 Å². The molecule has 1 aliphatic carbocycles. The number of carbonyl (C=O) groups excluding carboxylic acids is 2. The SMILES string of the molecule is CN(Cc1ccccc1)CC(NC(=O)OCC1c2ccccc2-c2ccccc21)C(=O)NCCC(O)C(=O)O. The molecule has 9 nitrogen and oxygen atoms in total. The van der Waals surface area contributed by atoms with Crippen molar-refractivity contribution >= 4 is 18.0 Å². The standard InChI is InChI=1S/C30H33N3O6/c1-33(17-20-9-3-2-4-10-20)18-26(28(35)31-16-15-27(34)29(36)37)32-30(38)39-19-25-23-13-7-5-11-21(23)22-12-6-8-14-24(22)25/h2-14,25-27,34H,15-19H2,1H3,(H,31,35)(H,32,38)(H,36,37). The van der Waals surface area contributed by atoms with Gasteiger partial charge in [0.15, 0.2) is 6.10 Å². The largest absolute Gasteiger partial charge is 0.479 e. The first-order valence-corrected chi connectivity index (χ1v) is 12.9. The second-order valence-corrected chi connectivity index (χ2v) is 9.64. The van der Waals surface area contributed by atoms with Gasteiger partial charge in [-0.15, -0.1) is 0 Å². The Morgan fingerprint density at radius 1 is 0.923 bits per heavy atom. The molecule has 4 rings (SSSR count). The lowest BCUT2D eigenvalue weighted by Gasteiger charge is -2.25. The third-order valence-corrected chi connectivity index (χ3v) is 6.74. The Morgan fingerprint density at radius 2 is 1.51 bits per heavy atom. The Bertz CT molecular complexity index is 1250. The Labute approximate surface area is 227 Å². The summed E-state index contributed by atoms with van der Waals surface area (Å²) in [6, 6.07) is 24.8. The van der Waals surface area contributed by atoms with Crippen LogP contribution < -0.4 is 10.6 Å². The van der Waals surface area contributed by atoms with E-state index in [0.29, 0.717) is 6.54 Å². The van der Waals surface area contributed by atoms with E-state index in [1.807, 2.05) is 78.7 Å². The Balaban J connectivity index is 1.39. The van der Waals surface area contributed by atoms with Gasteiger partial charge >= 0.3 is 12.1 Å². The van der Waals surface area contributed by atoms with Gasteiger partial charge < -0.3 is 25.6 Å². The highest BCUT2D eigenvalue weighted by atomic mass is 16.5. The van der Waals surface area contributed by atoms with E-state index in [-0.39, 0.29) is 32.0 Å². The van der Waals surface area contributed by atoms with Crippen LogP contribution in [0.15, 0.2) is 78.9 Å². The highest BCUT2D eigenvalue weighted by Gasteiger charge is 2.30. The number of aliphatic carboxylic acids is 1. The molecule has 0 bridgehead atoms. The van der Waals surface area contributed by atoms with Crippen LogP contribution >= 0.6 is 0 Å². The van der Waals surface area contributed by atoms with Crippen LogP contribution in [0.2, 0.25) is 0 Å². The van der Waals surface area contributed by atoms with Gasteiger partial charge in [-0.25, -0.2) is 9.59 Å². The molecule has 2 unspecified atom stereocenters. The lowest BCUT2D eigenvalue weighted by atomic mass is 9.98. The van der Waals surface area contributed by atoms with Gasteiger partial charge in [-0.05, 0) is 34.9 Å². The highest BCUT2D eigenvalue weighted by molar-refractivity contribution is 5.86. The van der Waals surface area contributed by atoms with Crippen molar-refractivity contribution in [2.24, 2.45) is 0 Å². The fourth-order valence-corrected chi connectivity index (χ4v) is 4.83. The number of nitrogens with one attached hydrogen (secondary N) is 2. The normalized spacial score (nSPS) is 13.7. The van der Waals surface area contributed by atoms with Crippen LogP contribution in [-0.2, 0) is 20.9 Å². The predicted molar refractivity (Wildman–Crippen MR) is 146 cm³/mol. The van der Waals surface area contributed by atoms with E-state index in [4.69, 9.17) is 9.84 Å². The van der Waals surface area contributed by atoms with Gasteiger partial charge in [-0.1, -0.05) is 78.9 Å². The first kappa shape index (κ1) is 27.8. The molecule has 4 N–H and O–H groups in total. The van der Waals surface area contributed by atoms with Crippen LogP contribution in [0.5, 0.6) is 0 Å². The number of aliphatic hydroxyl groups is 1. The van der Waals surface area contributed by atoms with E-state index >= 15 is 0 Å². The summed E-state index contributed by atoms with van der Waals surface area (Å²) in [6.07, 6.45) is -2.46. The number of amides is 2. The molecular formula is C30H33N3O6. The van der Waals surface area contributed by atoms with Gasteiger partial charge in [0.25, 0.3) is 0 Å². The number of rotatable bonds is 12. The van der Waals surface area contributed by atoms with Crippen LogP contribution in [0.3, 0.4) is 0 Å². The van der Waals surface area contributed by atoms with Gasteiger partial charge in [-0.2, -0.15) is 0 Å². The monoisotopic (exact) mass is 531 g/mol. The number of fused-ring (bicyclic) bond motifs is 3. The summed E-state index contributed by atoms with van der Waals surface area (Å²) in [7, 11) is 1.83. The minimum Gasteiger partial charge on any atom is -0.479 e. The van der Waals surface area contributed by atoms with E-state index in [2.05, 4.69) is 22.8 Å². The third-order valence-electron chi connectivity index (χ3n) is 6.74. The molecule has 0 spiro atoms. The molecule has 0 saturated carbocycles. The molecule has 3 aromatic rings. The summed E-state index contributed by atoms with van der Waals surface area (Å²) in [5, 5.41) is 23.6. The number of hydrogen-bond donors (Lipinski definition) is 4. The van der Waals surface area contributed by atoms with Gasteiger partial charge in [0, 0.05) is 32.0 Å². The van der Waals surface area contributed by atoms with E-state index in [0.717, 1.165) is 27.8 Å². The predicted octanol–water partition coefficient (Wildman–Crippen LogP) is 2.98. The van der Waals surface area contributed by atoms with Gasteiger partial charge in [0.1, 0.15) is 12.6 Å². The van der Waals surface area contributed by atoms with E-state index in [1.54, 1.807) is 0 Å². The van der Waals surface area contributed by atoms with Gasteiger partial charge in [0.2, 0.25) is 5.91 Å². The maximum atomic E-state index is 13.0. The second-order valence-electron chi connectivity index (χ2n) is 9.64. The molecule has 2 atom stereocenters. The molecule has 2 amide bonds. The molecule has 0 aliphatic heterocycles. The molecule has 3 aromatic carbocycles. The van der Waals surface area contributed by atoms with Crippen molar-refractivity contribution in [3.05, 3.63) is 95.6 Å². The summed E-state index contributed by atoms with van der Waals surface area (Å²) < 4.78 is 5.63. The zero-order valence-electron chi connectivity index (χ0n) is 21.7. The summed E-state index contributed by atoms with van der Waals surface area (Å²) in [5.41, 5.74) is 5.45. The number of alkyl carbamates (subject to hydrolysis) is 1. The topological polar surface area (TPSA) is 128 Å². The average molecular weight is 532 g/mol. The van der Waals surface area contributed by atoms with E-state index < -0.39 is 30.1 Å². The lowest BCUT2D eigenvalue weighted by Crippen LogP contribution is -2.52. The van der Waals surface area contributed by atoms with Crippen LogP contribution in [0.4, 0.5) is 4.79 Å². The van der Waals surface area contributed by atoms with Crippen molar-refractivity contribution in [3.8, 4) is 11.1 Å². The number of nitrogens with zero attached hydrogens (tertiary/aromatic N) is 1. The summed E-state index contributed by atoms with van der Waals surface area (Å²) in [4.78, 5) is 38.6. The molecule has 0 fully saturated rings. The Hall–Kier alpha value is -4.21. The van der Waals surface area contributed by atoms with Crippen molar-refractivity contribution in [1.82, 2.24) is 15.5 Å². The number of ether oxygens (including phenoxy) is 1. The van der Waals surface area contributed by atoms with Crippen molar-refractivity contribution in [1.29, 1.82) is 0 Å². The molecule has 0 aromatic heterocycles. The quantitative estimate of drug-likeness (QED) is 0.283. The number of carboxylic acids is 1.